The zero-order valence-electron chi connectivity index (χ0n) is 29.1. The van der Waals surface area contributed by atoms with Gasteiger partial charge in [-0.25, -0.2) is 0 Å². The lowest BCUT2D eigenvalue weighted by molar-refractivity contribution is 0.413. The molecule has 6 rings (SSSR count). The maximum atomic E-state index is 12.4. The Morgan fingerprint density at radius 3 is 1.89 bits per heavy atom. The molecule has 6 aromatic rings. The zero-order valence-corrected chi connectivity index (χ0v) is 30.8. The summed E-state index contributed by atoms with van der Waals surface area (Å²) in [6, 6.07) is 26.2. The highest BCUT2D eigenvalue weighted by molar-refractivity contribution is 7.86. The number of azo groups is 3. The predicted molar refractivity (Wildman–Crippen MR) is 205 cm³/mol. The molecule has 0 spiro atoms. The fraction of sp³-hybridized carbons (Fsp3) is 0.0811. The number of aryl methyl sites for hydroxylation is 2. The van der Waals surface area contributed by atoms with Gasteiger partial charge < -0.3 is 20.3 Å². The van der Waals surface area contributed by atoms with E-state index in [9.17, 15) is 31.6 Å². The van der Waals surface area contributed by atoms with Gasteiger partial charge in [-0.15, -0.1) is 15.3 Å². The van der Waals surface area contributed by atoms with E-state index in [0.29, 0.717) is 33.7 Å². The largest absolute Gasteiger partial charge is 0.506 e. The van der Waals surface area contributed by atoms with E-state index >= 15 is 0 Å². The number of ether oxygens (including phenoxy) is 1. The van der Waals surface area contributed by atoms with Gasteiger partial charge in [-0.3, -0.25) is 9.11 Å². The molecule has 0 heterocycles. The molecule has 0 saturated carbocycles. The summed E-state index contributed by atoms with van der Waals surface area (Å²) in [6.07, 6.45) is 0. The van der Waals surface area contributed by atoms with Crippen molar-refractivity contribution in [3.8, 4) is 17.2 Å². The van der Waals surface area contributed by atoms with Gasteiger partial charge in [0.2, 0.25) is 0 Å². The van der Waals surface area contributed by atoms with Crippen LogP contribution in [0.15, 0.2) is 144 Å². The Balaban J connectivity index is 1.23. The Bertz CT molecular complexity index is 2760. The quantitative estimate of drug-likeness (QED) is 0.0614. The van der Waals surface area contributed by atoms with Gasteiger partial charge in [0.05, 0.1) is 29.1 Å². The van der Waals surface area contributed by atoms with Crippen LogP contribution in [0.25, 0.3) is 10.8 Å². The van der Waals surface area contributed by atoms with Crippen molar-refractivity contribution in [1.29, 1.82) is 0 Å². The molecule has 0 amide bonds. The van der Waals surface area contributed by atoms with Crippen molar-refractivity contribution in [1.82, 2.24) is 0 Å². The molecule has 0 atom stereocenters. The Hall–Kier alpha value is -6.60. The summed E-state index contributed by atoms with van der Waals surface area (Å²) in [6.45, 7) is 3.73. The van der Waals surface area contributed by atoms with E-state index in [1.54, 1.807) is 43.3 Å². The average Bonchev–Trinajstić information content (AvgIpc) is 3.14. The van der Waals surface area contributed by atoms with E-state index in [2.05, 4.69) is 36.0 Å². The zero-order chi connectivity index (χ0) is 39.5. The third kappa shape index (κ3) is 8.96. The molecule has 18 heteroatoms. The van der Waals surface area contributed by atoms with Crippen LogP contribution in [0.3, 0.4) is 0 Å². The minimum Gasteiger partial charge on any atom is -0.506 e. The number of phenols is 2. The molecule has 0 bridgehead atoms. The van der Waals surface area contributed by atoms with Gasteiger partial charge in [0, 0.05) is 28.9 Å². The molecular weight excluding hydrogens is 751 g/mol. The summed E-state index contributed by atoms with van der Waals surface area (Å²) in [5, 5.41) is 50.2. The van der Waals surface area contributed by atoms with Crippen LogP contribution in [-0.4, -0.2) is 43.3 Å². The first-order chi connectivity index (χ1) is 26.1. The Morgan fingerprint density at radius 2 is 1.24 bits per heavy atom. The van der Waals surface area contributed by atoms with Crippen LogP contribution in [0.4, 0.5) is 45.5 Å². The molecule has 5 N–H and O–H groups in total. The van der Waals surface area contributed by atoms with Gasteiger partial charge >= 0.3 is 0 Å². The van der Waals surface area contributed by atoms with Crippen molar-refractivity contribution in [3.05, 3.63) is 114 Å². The molecule has 280 valence electrons. The van der Waals surface area contributed by atoms with E-state index in [0.717, 1.165) is 17.3 Å². The van der Waals surface area contributed by atoms with Crippen LogP contribution in [0.2, 0.25) is 0 Å². The van der Waals surface area contributed by atoms with Gasteiger partial charge in [-0.1, -0.05) is 17.7 Å². The molecule has 16 nitrogen and oxygen atoms in total. The summed E-state index contributed by atoms with van der Waals surface area (Å²) in [5.74, 6) is -0.885. The van der Waals surface area contributed by atoms with E-state index < -0.39 is 42.3 Å². The van der Waals surface area contributed by atoms with E-state index in [-0.39, 0.29) is 27.4 Å². The van der Waals surface area contributed by atoms with Crippen LogP contribution >= 0.6 is 0 Å². The highest BCUT2D eigenvalue weighted by Gasteiger charge is 2.23. The number of fused-ring (bicyclic) bond motifs is 1. The second-order valence-electron chi connectivity index (χ2n) is 12.0. The van der Waals surface area contributed by atoms with E-state index in [1.165, 1.54) is 43.5 Å². The summed E-state index contributed by atoms with van der Waals surface area (Å²) in [4.78, 5) is -0.971. The van der Waals surface area contributed by atoms with Gasteiger partial charge in [-0.05, 0) is 104 Å². The topological polar surface area (TPSA) is 245 Å². The Labute approximate surface area is 314 Å². The highest BCUT2D eigenvalue weighted by atomic mass is 32.2. The molecule has 6 aromatic carbocycles. The number of nitrogens with one attached hydrogen (secondary N) is 1. The number of rotatable bonds is 11. The van der Waals surface area contributed by atoms with Crippen molar-refractivity contribution < 1.29 is 40.9 Å². The van der Waals surface area contributed by atoms with Gasteiger partial charge in [0.15, 0.2) is 5.75 Å². The molecule has 0 aliphatic heterocycles. The third-order valence-corrected chi connectivity index (χ3v) is 9.80. The molecule has 0 unspecified atom stereocenters. The SMILES string of the molecule is COc1cc(N=Nc2c(S(=O)(=O)O)cc3cc(Nc4ccc(C)cc4)ccc3c2O)c(O)cc1N=Nc1ccc(N=Nc2ccc(S(=O)(=O)O)cc2)c(C)c1. The molecule has 0 saturated heterocycles. The normalized spacial score (nSPS) is 12.3. The van der Waals surface area contributed by atoms with Crippen molar-refractivity contribution in [2.24, 2.45) is 30.7 Å². The second kappa shape index (κ2) is 15.4. The minimum atomic E-state index is -4.91. The number of aromatic hydroxyl groups is 2. The molecule has 0 aliphatic rings. The molecule has 55 heavy (non-hydrogen) atoms. The fourth-order valence-corrected chi connectivity index (χ4v) is 6.36. The fourth-order valence-electron chi connectivity index (χ4n) is 5.22. The van der Waals surface area contributed by atoms with Crippen molar-refractivity contribution in [3.63, 3.8) is 0 Å². The molecule has 0 aromatic heterocycles. The summed E-state index contributed by atoms with van der Waals surface area (Å²) >= 11 is 0. The average molecular weight is 782 g/mol. The van der Waals surface area contributed by atoms with Crippen molar-refractivity contribution >= 4 is 76.5 Å². The smallest absolute Gasteiger partial charge is 0.296 e. The predicted octanol–water partition coefficient (Wildman–Crippen LogP) is 10.4. The summed E-state index contributed by atoms with van der Waals surface area (Å²) < 4.78 is 72.0. The molecule has 0 aliphatic carbocycles. The van der Waals surface area contributed by atoms with Crippen molar-refractivity contribution in [2.75, 3.05) is 12.4 Å². The maximum absolute atomic E-state index is 12.4. The Kier molecular flexibility index (Phi) is 10.7. The number of phenolic OH excluding ortho intramolecular Hbond substituents is 2. The first-order valence-electron chi connectivity index (χ1n) is 16.0. The molecular formula is C37H31N7O9S2. The van der Waals surface area contributed by atoms with Crippen molar-refractivity contribution in [2.45, 2.75) is 23.6 Å². The van der Waals surface area contributed by atoms with Crippen LogP contribution < -0.4 is 10.1 Å². The Morgan fingerprint density at radius 1 is 0.600 bits per heavy atom. The number of hydrogen-bond donors (Lipinski definition) is 5. The molecule has 0 radical (unpaired) electrons. The number of hydrogen-bond acceptors (Lipinski definition) is 14. The third-order valence-electron chi connectivity index (χ3n) is 8.06. The van der Waals surface area contributed by atoms with E-state index in [1.807, 2.05) is 31.2 Å². The van der Waals surface area contributed by atoms with E-state index in [4.69, 9.17) is 9.29 Å². The van der Waals surface area contributed by atoms with Gasteiger partial charge in [0.1, 0.15) is 33.5 Å². The van der Waals surface area contributed by atoms with Crippen LogP contribution in [-0.2, 0) is 20.2 Å². The maximum Gasteiger partial charge on any atom is 0.296 e. The lowest BCUT2D eigenvalue weighted by atomic mass is 10.1. The number of benzene rings is 6. The van der Waals surface area contributed by atoms with Crippen LogP contribution in [0, 0.1) is 13.8 Å². The standard InChI is InChI=1S/C37H31N7O9S2/c1-21-4-6-24(7-5-21)38-26-10-14-29-23(17-26)18-35(55(50,51)52)36(37(29)46)44-42-31-20-34(53-3)32(19-33(31)45)43-40-27-11-15-30(22(2)16-27)41-39-25-8-12-28(13-9-25)54(47,48)49/h4-20,38,45-46H,1-3H3,(H,47,48,49)(H,50,51,52). The van der Waals surface area contributed by atoms with Gasteiger partial charge in [0.25, 0.3) is 20.2 Å². The van der Waals surface area contributed by atoms with Crippen LogP contribution in [0.1, 0.15) is 11.1 Å². The van der Waals surface area contributed by atoms with Gasteiger partial charge in [-0.2, -0.15) is 32.2 Å². The summed E-state index contributed by atoms with van der Waals surface area (Å²) in [5.41, 5.74) is 3.80. The minimum absolute atomic E-state index is 0.107. The first-order valence-corrected chi connectivity index (χ1v) is 18.9. The monoisotopic (exact) mass is 781 g/mol. The van der Waals surface area contributed by atoms with Crippen LogP contribution in [0.5, 0.6) is 17.2 Å². The number of anilines is 2. The highest BCUT2D eigenvalue weighted by Crippen LogP contribution is 2.45. The lowest BCUT2D eigenvalue weighted by Gasteiger charge is -2.12. The number of methoxy groups -OCH3 is 1. The molecule has 0 fully saturated rings. The lowest BCUT2D eigenvalue weighted by Crippen LogP contribution is -1.99. The number of nitrogens with zero attached hydrogens (tertiary/aromatic N) is 6. The second-order valence-corrected chi connectivity index (χ2v) is 14.8. The summed E-state index contributed by atoms with van der Waals surface area (Å²) in [7, 11) is -7.88. The first kappa shape index (κ1) is 38.1.